The molecule has 1 aliphatic heterocycles. The Morgan fingerprint density at radius 3 is 2.94 bits per heavy atom. The van der Waals surface area contributed by atoms with Crippen LogP contribution in [-0.4, -0.2) is 34.7 Å². The highest BCUT2D eigenvalue weighted by molar-refractivity contribution is 5.57. The molecule has 0 amide bonds. The van der Waals surface area contributed by atoms with Gasteiger partial charge in [0.05, 0.1) is 31.1 Å². The van der Waals surface area contributed by atoms with Crippen LogP contribution in [0.15, 0.2) is 30.7 Å². The monoisotopic (exact) mass is 230 g/mol. The molecule has 5 heteroatoms. The first-order valence-electron chi connectivity index (χ1n) is 5.70. The number of hydrogen-bond acceptors (Lipinski definition) is 4. The van der Waals surface area contributed by atoms with Gasteiger partial charge in [0, 0.05) is 24.5 Å². The predicted octanol–water partition coefficient (Wildman–Crippen LogP) is 1.13. The van der Waals surface area contributed by atoms with Crippen LogP contribution in [0.2, 0.25) is 0 Å². The van der Waals surface area contributed by atoms with Crippen molar-refractivity contribution in [3.8, 4) is 11.3 Å². The first-order valence-corrected chi connectivity index (χ1v) is 5.70. The molecular formula is C12H14N4O. The van der Waals surface area contributed by atoms with Crippen LogP contribution in [0.5, 0.6) is 0 Å². The Morgan fingerprint density at radius 2 is 2.18 bits per heavy atom. The molecule has 1 saturated heterocycles. The zero-order valence-electron chi connectivity index (χ0n) is 9.39. The average molecular weight is 230 g/mol. The third-order valence-corrected chi connectivity index (χ3v) is 2.84. The molecule has 5 nitrogen and oxygen atoms in total. The second-order valence-corrected chi connectivity index (χ2v) is 4.00. The maximum Gasteiger partial charge on any atom is 0.126 e. The Bertz CT molecular complexity index is 476. The first-order chi connectivity index (χ1) is 8.43. The number of nitrogens with one attached hydrogen (secondary N) is 2. The zero-order valence-corrected chi connectivity index (χ0v) is 9.39. The highest BCUT2D eigenvalue weighted by atomic mass is 16.5. The molecule has 88 valence electrons. The van der Waals surface area contributed by atoms with Crippen molar-refractivity contribution >= 4 is 0 Å². The summed E-state index contributed by atoms with van der Waals surface area (Å²) in [7, 11) is 0. The number of ether oxygens (including phenoxy) is 1. The molecule has 1 atom stereocenters. The number of aromatic nitrogens is 3. The number of nitrogens with zero attached hydrogens (tertiary/aromatic N) is 2. The molecule has 0 spiro atoms. The lowest BCUT2D eigenvalue weighted by Gasteiger charge is -2.21. The van der Waals surface area contributed by atoms with Gasteiger partial charge in [-0.25, -0.2) is 4.98 Å². The van der Waals surface area contributed by atoms with Crippen LogP contribution >= 0.6 is 0 Å². The van der Waals surface area contributed by atoms with E-state index in [1.54, 1.807) is 12.4 Å². The van der Waals surface area contributed by atoms with Crippen molar-refractivity contribution < 1.29 is 4.74 Å². The van der Waals surface area contributed by atoms with Gasteiger partial charge in [-0.3, -0.25) is 4.98 Å². The van der Waals surface area contributed by atoms with Gasteiger partial charge in [0.15, 0.2) is 0 Å². The summed E-state index contributed by atoms with van der Waals surface area (Å²) in [5.41, 5.74) is 2.10. The molecule has 2 aromatic heterocycles. The van der Waals surface area contributed by atoms with Gasteiger partial charge in [-0.15, -0.1) is 0 Å². The van der Waals surface area contributed by atoms with E-state index in [0.717, 1.165) is 30.2 Å². The number of rotatable bonds is 2. The van der Waals surface area contributed by atoms with E-state index in [1.165, 1.54) is 0 Å². The van der Waals surface area contributed by atoms with Crippen LogP contribution < -0.4 is 5.32 Å². The summed E-state index contributed by atoms with van der Waals surface area (Å²) in [4.78, 5) is 11.7. The first kappa shape index (κ1) is 10.4. The normalized spacial score (nSPS) is 20.4. The fraction of sp³-hybridized carbons (Fsp3) is 0.333. The van der Waals surface area contributed by atoms with Gasteiger partial charge in [0.25, 0.3) is 0 Å². The number of morpholine rings is 1. The lowest BCUT2D eigenvalue weighted by atomic mass is 10.2. The second-order valence-electron chi connectivity index (χ2n) is 4.00. The van der Waals surface area contributed by atoms with E-state index in [9.17, 15) is 0 Å². The average Bonchev–Trinajstić information content (AvgIpc) is 2.90. The molecule has 17 heavy (non-hydrogen) atoms. The Labute approximate surface area is 99.3 Å². The third-order valence-electron chi connectivity index (χ3n) is 2.84. The second kappa shape index (κ2) is 4.65. The number of aromatic amines is 1. The minimum atomic E-state index is 0.166. The molecule has 0 aliphatic carbocycles. The lowest BCUT2D eigenvalue weighted by molar-refractivity contribution is 0.0745. The molecule has 0 bridgehead atoms. The summed E-state index contributed by atoms with van der Waals surface area (Å²) in [5, 5.41) is 3.37. The van der Waals surface area contributed by atoms with Gasteiger partial charge in [-0.1, -0.05) is 0 Å². The molecule has 1 fully saturated rings. The summed E-state index contributed by atoms with van der Waals surface area (Å²) >= 11 is 0. The summed E-state index contributed by atoms with van der Waals surface area (Å²) in [6.07, 6.45) is 5.40. The number of pyridine rings is 1. The maximum absolute atomic E-state index is 5.42. The topological polar surface area (TPSA) is 62.8 Å². The van der Waals surface area contributed by atoms with E-state index in [-0.39, 0.29) is 6.04 Å². The summed E-state index contributed by atoms with van der Waals surface area (Å²) < 4.78 is 5.42. The van der Waals surface area contributed by atoms with Crippen molar-refractivity contribution in [3.05, 3.63) is 36.5 Å². The van der Waals surface area contributed by atoms with Gasteiger partial charge < -0.3 is 15.0 Å². The van der Waals surface area contributed by atoms with E-state index < -0.39 is 0 Å². The molecule has 3 heterocycles. The van der Waals surface area contributed by atoms with E-state index in [0.29, 0.717) is 6.61 Å². The summed E-state index contributed by atoms with van der Waals surface area (Å²) in [6, 6.07) is 4.09. The van der Waals surface area contributed by atoms with Crippen molar-refractivity contribution in [1.29, 1.82) is 0 Å². The lowest BCUT2D eigenvalue weighted by Crippen LogP contribution is -2.35. The molecule has 1 unspecified atom stereocenters. The quantitative estimate of drug-likeness (QED) is 0.812. The highest BCUT2D eigenvalue weighted by Crippen LogP contribution is 2.19. The smallest absolute Gasteiger partial charge is 0.126 e. The SMILES string of the molecule is c1cc(-c2cnc(C3COCCN3)[nH]2)ccn1. The van der Waals surface area contributed by atoms with Crippen LogP contribution in [0, 0.1) is 0 Å². The van der Waals surface area contributed by atoms with Crippen molar-refractivity contribution in [3.63, 3.8) is 0 Å². The minimum Gasteiger partial charge on any atom is -0.378 e. The van der Waals surface area contributed by atoms with Gasteiger partial charge in [-0.05, 0) is 12.1 Å². The summed E-state index contributed by atoms with van der Waals surface area (Å²) in [5.74, 6) is 0.927. The third kappa shape index (κ3) is 2.20. The van der Waals surface area contributed by atoms with Gasteiger partial charge in [0.2, 0.25) is 0 Å². The minimum absolute atomic E-state index is 0.166. The molecule has 0 radical (unpaired) electrons. The standard InChI is InChI=1S/C12H14N4O/c1-3-13-4-2-9(1)10-7-15-12(16-10)11-8-17-6-5-14-11/h1-4,7,11,14H,5-6,8H2,(H,15,16). The Kier molecular flexibility index (Phi) is 2.85. The van der Waals surface area contributed by atoms with Crippen LogP contribution in [0.3, 0.4) is 0 Å². The highest BCUT2D eigenvalue weighted by Gasteiger charge is 2.18. The predicted molar refractivity (Wildman–Crippen MR) is 63.4 cm³/mol. The zero-order chi connectivity index (χ0) is 11.5. The van der Waals surface area contributed by atoms with Crippen LogP contribution in [0.1, 0.15) is 11.9 Å². The maximum atomic E-state index is 5.42. The van der Waals surface area contributed by atoms with Crippen LogP contribution in [0.4, 0.5) is 0 Å². The van der Waals surface area contributed by atoms with Crippen molar-refractivity contribution in [2.24, 2.45) is 0 Å². The molecule has 3 rings (SSSR count). The fourth-order valence-corrected chi connectivity index (χ4v) is 1.93. The Morgan fingerprint density at radius 1 is 1.29 bits per heavy atom. The Hall–Kier alpha value is -1.72. The van der Waals surface area contributed by atoms with Crippen LogP contribution in [-0.2, 0) is 4.74 Å². The van der Waals surface area contributed by atoms with Crippen molar-refractivity contribution in [2.75, 3.05) is 19.8 Å². The molecule has 0 saturated carbocycles. The van der Waals surface area contributed by atoms with Gasteiger partial charge in [-0.2, -0.15) is 0 Å². The number of imidazole rings is 1. The van der Waals surface area contributed by atoms with Crippen LogP contribution in [0.25, 0.3) is 11.3 Å². The van der Waals surface area contributed by atoms with E-state index >= 15 is 0 Å². The van der Waals surface area contributed by atoms with E-state index in [4.69, 9.17) is 4.74 Å². The summed E-state index contributed by atoms with van der Waals surface area (Å²) in [6.45, 7) is 2.31. The molecule has 1 aliphatic rings. The van der Waals surface area contributed by atoms with E-state index in [1.807, 2.05) is 18.3 Å². The number of H-pyrrole nitrogens is 1. The Balaban J connectivity index is 1.83. The van der Waals surface area contributed by atoms with Gasteiger partial charge >= 0.3 is 0 Å². The molecule has 2 N–H and O–H groups in total. The molecule has 0 aromatic carbocycles. The fourth-order valence-electron chi connectivity index (χ4n) is 1.93. The van der Waals surface area contributed by atoms with Crippen molar-refractivity contribution in [2.45, 2.75) is 6.04 Å². The largest absolute Gasteiger partial charge is 0.378 e. The number of hydrogen-bond donors (Lipinski definition) is 2. The molecule has 2 aromatic rings. The van der Waals surface area contributed by atoms with Crippen molar-refractivity contribution in [1.82, 2.24) is 20.3 Å². The molecular weight excluding hydrogens is 216 g/mol. The van der Waals surface area contributed by atoms with E-state index in [2.05, 4.69) is 20.3 Å². The van der Waals surface area contributed by atoms with Gasteiger partial charge in [0.1, 0.15) is 5.82 Å².